The maximum absolute atomic E-state index is 4.07. The van der Waals surface area contributed by atoms with Crippen LogP contribution in [0.2, 0.25) is 0 Å². The van der Waals surface area contributed by atoms with Crippen LogP contribution in [0.5, 0.6) is 0 Å². The number of aryl methyl sites for hydroxylation is 1. The normalized spacial score (nSPS) is 19.9. The molecule has 1 aromatic carbocycles. The van der Waals surface area contributed by atoms with Gasteiger partial charge in [0.25, 0.3) is 0 Å². The second-order valence-electron chi connectivity index (χ2n) is 3.98. The molecule has 1 aliphatic carbocycles. The summed E-state index contributed by atoms with van der Waals surface area (Å²) in [7, 11) is 0. The lowest BCUT2D eigenvalue weighted by Gasteiger charge is -2.21. The molecule has 15 heavy (non-hydrogen) atoms. The number of hydrogen-bond donors (Lipinski definition) is 1. The summed E-state index contributed by atoms with van der Waals surface area (Å²) in [6.45, 7) is 0. The van der Waals surface area contributed by atoms with Crippen LogP contribution in [0.25, 0.3) is 0 Å². The van der Waals surface area contributed by atoms with Crippen molar-refractivity contribution >= 4 is 0 Å². The van der Waals surface area contributed by atoms with Crippen molar-refractivity contribution in [3.8, 4) is 0 Å². The smallest absolute Gasteiger partial charge is 0.177 e. The van der Waals surface area contributed by atoms with Crippen LogP contribution >= 0.6 is 0 Å². The van der Waals surface area contributed by atoms with Gasteiger partial charge in [0.15, 0.2) is 5.82 Å². The zero-order valence-electron chi connectivity index (χ0n) is 8.35. The summed E-state index contributed by atoms with van der Waals surface area (Å²) in [4.78, 5) is 0. The second kappa shape index (κ2) is 3.46. The second-order valence-corrected chi connectivity index (χ2v) is 3.98. The van der Waals surface area contributed by atoms with Gasteiger partial charge in [0.1, 0.15) is 0 Å². The summed E-state index contributed by atoms with van der Waals surface area (Å²) in [5.41, 5.74) is 2.90. The van der Waals surface area contributed by atoms with E-state index in [-0.39, 0.29) is 0 Å². The molecule has 0 fully saturated rings. The Hall–Kier alpha value is -1.71. The van der Waals surface area contributed by atoms with Crippen molar-refractivity contribution in [3.63, 3.8) is 0 Å². The molecule has 1 atom stereocenters. The highest BCUT2D eigenvalue weighted by Crippen LogP contribution is 2.30. The molecule has 3 rings (SSSR count). The maximum atomic E-state index is 4.07. The summed E-state index contributed by atoms with van der Waals surface area (Å²) < 4.78 is 0. The number of H-pyrrole nitrogens is 1. The van der Waals surface area contributed by atoms with Gasteiger partial charge in [0.2, 0.25) is 0 Å². The Morgan fingerprint density at radius 3 is 2.87 bits per heavy atom. The van der Waals surface area contributed by atoms with Crippen LogP contribution in [0, 0.1) is 0 Å². The number of hydrogen-bond acceptors (Lipinski definition) is 3. The molecule has 0 amide bonds. The van der Waals surface area contributed by atoms with Crippen LogP contribution < -0.4 is 0 Å². The number of aromatic nitrogens is 4. The standard InChI is InChI=1S/C11H12N4/c1-2-4-9-7-10(6-5-8(9)3-1)11-12-14-15-13-11/h1-4,10H,5-7H2,(H,12,13,14,15). The molecule has 76 valence electrons. The van der Waals surface area contributed by atoms with E-state index in [4.69, 9.17) is 0 Å². The Labute approximate surface area is 87.7 Å². The SMILES string of the molecule is c1ccc2c(c1)CCC(c1nn[nH]n1)C2. The fraction of sp³-hybridized carbons (Fsp3) is 0.364. The van der Waals surface area contributed by atoms with Gasteiger partial charge in [-0.05, 0) is 30.4 Å². The number of rotatable bonds is 1. The van der Waals surface area contributed by atoms with Crippen molar-refractivity contribution in [1.82, 2.24) is 20.6 Å². The highest BCUT2D eigenvalue weighted by molar-refractivity contribution is 5.31. The maximum Gasteiger partial charge on any atom is 0.177 e. The van der Waals surface area contributed by atoms with Gasteiger partial charge in [0.05, 0.1) is 0 Å². The first kappa shape index (κ1) is 8.59. The van der Waals surface area contributed by atoms with Gasteiger partial charge in [-0.25, -0.2) is 0 Å². The van der Waals surface area contributed by atoms with Gasteiger partial charge in [-0.1, -0.05) is 29.5 Å². The highest BCUT2D eigenvalue weighted by atomic mass is 15.5. The van der Waals surface area contributed by atoms with Crippen molar-refractivity contribution < 1.29 is 0 Å². The van der Waals surface area contributed by atoms with E-state index >= 15 is 0 Å². The summed E-state index contributed by atoms with van der Waals surface area (Å²) in [6.07, 6.45) is 3.28. The summed E-state index contributed by atoms with van der Waals surface area (Å²) in [5.74, 6) is 1.28. The first-order valence-electron chi connectivity index (χ1n) is 5.23. The van der Waals surface area contributed by atoms with Gasteiger partial charge in [-0.3, -0.25) is 0 Å². The van der Waals surface area contributed by atoms with Crippen LogP contribution in [-0.4, -0.2) is 20.6 Å². The fourth-order valence-electron chi connectivity index (χ4n) is 2.26. The lowest BCUT2D eigenvalue weighted by molar-refractivity contribution is 0.556. The number of nitrogens with zero attached hydrogens (tertiary/aromatic N) is 3. The topological polar surface area (TPSA) is 54.5 Å². The minimum Gasteiger partial charge on any atom is -0.177 e. The first-order valence-corrected chi connectivity index (χ1v) is 5.23. The van der Waals surface area contributed by atoms with Gasteiger partial charge < -0.3 is 0 Å². The van der Waals surface area contributed by atoms with E-state index < -0.39 is 0 Å². The predicted molar refractivity (Wildman–Crippen MR) is 55.4 cm³/mol. The predicted octanol–water partition coefficient (Wildman–Crippen LogP) is 1.47. The van der Waals surface area contributed by atoms with Crippen LogP contribution in [0.3, 0.4) is 0 Å². The molecule has 1 aliphatic rings. The Morgan fingerprint density at radius 1 is 1.20 bits per heavy atom. The fourth-order valence-corrected chi connectivity index (χ4v) is 2.26. The molecule has 1 unspecified atom stereocenters. The minimum absolute atomic E-state index is 0.429. The number of fused-ring (bicyclic) bond motifs is 1. The molecule has 0 spiro atoms. The molecule has 1 aromatic heterocycles. The third-order valence-electron chi connectivity index (χ3n) is 3.07. The van der Waals surface area contributed by atoms with Crippen LogP contribution in [0.4, 0.5) is 0 Å². The molecule has 0 radical (unpaired) electrons. The number of nitrogens with one attached hydrogen (secondary N) is 1. The Balaban J connectivity index is 1.89. The number of tetrazole rings is 1. The van der Waals surface area contributed by atoms with Crippen LogP contribution in [0.15, 0.2) is 24.3 Å². The lowest BCUT2D eigenvalue weighted by atomic mass is 9.83. The zero-order valence-corrected chi connectivity index (χ0v) is 8.35. The molecular weight excluding hydrogens is 188 g/mol. The van der Waals surface area contributed by atoms with E-state index in [0.29, 0.717) is 5.92 Å². The summed E-state index contributed by atoms with van der Waals surface area (Å²) in [6, 6.07) is 8.61. The monoisotopic (exact) mass is 200 g/mol. The third-order valence-corrected chi connectivity index (χ3v) is 3.07. The molecule has 2 aromatic rings. The van der Waals surface area contributed by atoms with Crippen molar-refractivity contribution in [2.45, 2.75) is 25.2 Å². The zero-order chi connectivity index (χ0) is 10.1. The molecule has 4 heteroatoms. The molecule has 0 saturated heterocycles. The minimum atomic E-state index is 0.429. The van der Waals surface area contributed by atoms with Gasteiger partial charge in [-0.15, -0.1) is 10.2 Å². The van der Waals surface area contributed by atoms with Crippen molar-refractivity contribution in [2.24, 2.45) is 0 Å². The lowest BCUT2D eigenvalue weighted by Crippen LogP contribution is -2.13. The van der Waals surface area contributed by atoms with E-state index in [1.807, 2.05) is 0 Å². The summed E-state index contributed by atoms with van der Waals surface area (Å²) in [5, 5.41) is 14.3. The largest absolute Gasteiger partial charge is 0.177 e. The Bertz CT molecular complexity index is 449. The molecular formula is C11H12N4. The van der Waals surface area contributed by atoms with E-state index in [2.05, 4.69) is 44.9 Å². The van der Waals surface area contributed by atoms with Gasteiger partial charge in [-0.2, -0.15) is 5.21 Å². The van der Waals surface area contributed by atoms with Crippen LogP contribution in [-0.2, 0) is 12.8 Å². The molecule has 1 heterocycles. The summed E-state index contributed by atoms with van der Waals surface area (Å²) >= 11 is 0. The molecule has 0 aliphatic heterocycles. The molecule has 4 nitrogen and oxygen atoms in total. The molecule has 0 saturated carbocycles. The molecule has 0 bridgehead atoms. The highest BCUT2D eigenvalue weighted by Gasteiger charge is 2.22. The molecule has 1 N–H and O–H groups in total. The number of benzene rings is 1. The van der Waals surface area contributed by atoms with Crippen molar-refractivity contribution in [1.29, 1.82) is 0 Å². The van der Waals surface area contributed by atoms with Gasteiger partial charge >= 0.3 is 0 Å². The first-order chi connectivity index (χ1) is 7.43. The van der Waals surface area contributed by atoms with E-state index in [9.17, 15) is 0 Å². The average Bonchev–Trinajstić information content (AvgIpc) is 2.82. The number of aromatic amines is 1. The van der Waals surface area contributed by atoms with Crippen molar-refractivity contribution in [3.05, 3.63) is 41.2 Å². The van der Waals surface area contributed by atoms with E-state index in [0.717, 1.165) is 25.1 Å². The Kier molecular flexibility index (Phi) is 1.98. The van der Waals surface area contributed by atoms with Crippen LogP contribution in [0.1, 0.15) is 29.3 Å². The van der Waals surface area contributed by atoms with Gasteiger partial charge in [0, 0.05) is 5.92 Å². The quantitative estimate of drug-likeness (QED) is 0.758. The average molecular weight is 200 g/mol. The van der Waals surface area contributed by atoms with Crippen molar-refractivity contribution in [2.75, 3.05) is 0 Å². The Morgan fingerprint density at radius 2 is 2.07 bits per heavy atom. The third kappa shape index (κ3) is 1.52. The van der Waals surface area contributed by atoms with E-state index in [1.54, 1.807) is 0 Å². The van der Waals surface area contributed by atoms with E-state index in [1.165, 1.54) is 11.1 Å².